The molecule has 3 rings (SSSR count). The van der Waals surface area contributed by atoms with Crippen molar-refractivity contribution in [3.05, 3.63) is 53.6 Å². The molecule has 1 aliphatic heterocycles. The number of fused-ring (bicyclic) bond motifs is 1. The second-order valence-electron chi connectivity index (χ2n) is 6.45. The van der Waals surface area contributed by atoms with Crippen molar-refractivity contribution in [3.63, 3.8) is 0 Å². The van der Waals surface area contributed by atoms with Crippen molar-refractivity contribution >= 4 is 11.6 Å². The Bertz CT molecular complexity index is 814. The molecule has 1 aliphatic rings. The predicted molar refractivity (Wildman–Crippen MR) is 98.4 cm³/mol. The van der Waals surface area contributed by atoms with Crippen molar-refractivity contribution in [2.75, 3.05) is 18.6 Å². The fourth-order valence-corrected chi connectivity index (χ4v) is 3.30. The predicted octanol–water partition coefficient (Wildman–Crippen LogP) is 3.36. The minimum Gasteiger partial charge on any atom is -0.493 e. The van der Waals surface area contributed by atoms with E-state index in [1.54, 1.807) is 12.1 Å². The highest BCUT2D eigenvalue weighted by Crippen LogP contribution is 2.31. The summed E-state index contributed by atoms with van der Waals surface area (Å²) in [6, 6.07) is 12.9. The van der Waals surface area contributed by atoms with E-state index in [1.165, 1.54) is 18.7 Å². The molecule has 0 bridgehead atoms. The van der Waals surface area contributed by atoms with Gasteiger partial charge < -0.3 is 19.7 Å². The van der Waals surface area contributed by atoms with E-state index in [0.717, 1.165) is 17.7 Å². The molecular weight excluding hydrogens is 354 g/mol. The number of halogens is 2. The van der Waals surface area contributed by atoms with Crippen LogP contribution in [0.15, 0.2) is 42.5 Å². The molecule has 1 N–H and O–H groups in total. The number of carbonyl (C=O) groups excluding carboxylic acids is 1. The Balaban J connectivity index is 1.59. The third-order valence-corrected chi connectivity index (χ3v) is 4.60. The van der Waals surface area contributed by atoms with Gasteiger partial charge in [0.1, 0.15) is 0 Å². The summed E-state index contributed by atoms with van der Waals surface area (Å²) in [6.45, 7) is -0.287. The van der Waals surface area contributed by atoms with Crippen molar-refractivity contribution in [3.8, 4) is 11.5 Å². The van der Waals surface area contributed by atoms with Gasteiger partial charge in [0, 0.05) is 18.3 Å². The second-order valence-corrected chi connectivity index (χ2v) is 6.45. The maximum Gasteiger partial charge on any atom is 0.387 e. The molecule has 5 nitrogen and oxygen atoms in total. The number of benzene rings is 2. The SMILES string of the molecule is COc1cc(CNC(=O)CN2c3ccccc3C[C@@H]2C)ccc1OC(F)F. The second kappa shape index (κ2) is 8.24. The van der Waals surface area contributed by atoms with E-state index >= 15 is 0 Å². The van der Waals surface area contributed by atoms with Crippen LogP contribution in [0.5, 0.6) is 11.5 Å². The molecule has 2 aromatic carbocycles. The van der Waals surface area contributed by atoms with Crippen molar-refractivity contribution in [2.45, 2.75) is 32.5 Å². The van der Waals surface area contributed by atoms with Crippen LogP contribution in [0, 0.1) is 0 Å². The number of alkyl halides is 2. The lowest BCUT2D eigenvalue weighted by molar-refractivity contribution is -0.120. The van der Waals surface area contributed by atoms with Crippen molar-refractivity contribution < 1.29 is 23.0 Å². The van der Waals surface area contributed by atoms with Gasteiger partial charge in [0.15, 0.2) is 11.5 Å². The van der Waals surface area contributed by atoms with Crippen LogP contribution in [0.1, 0.15) is 18.1 Å². The molecule has 0 unspecified atom stereocenters. The maximum absolute atomic E-state index is 12.4. The number of ether oxygens (including phenoxy) is 2. The minimum atomic E-state index is -2.92. The molecule has 0 saturated carbocycles. The number of anilines is 1. The Morgan fingerprint density at radius 2 is 2.04 bits per heavy atom. The molecule has 144 valence electrons. The first-order valence-corrected chi connectivity index (χ1v) is 8.71. The molecule has 27 heavy (non-hydrogen) atoms. The van der Waals surface area contributed by atoms with Gasteiger partial charge in [-0.2, -0.15) is 8.78 Å². The van der Waals surface area contributed by atoms with Gasteiger partial charge in [-0.3, -0.25) is 4.79 Å². The highest BCUT2D eigenvalue weighted by molar-refractivity contribution is 5.82. The Morgan fingerprint density at radius 1 is 1.26 bits per heavy atom. The summed E-state index contributed by atoms with van der Waals surface area (Å²) in [7, 11) is 1.38. The van der Waals surface area contributed by atoms with Crippen LogP contribution in [0.2, 0.25) is 0 Å². The van der Waals surface area contributed by atoms with Gasteiger partial charge in [-0.05, 0) is 42.7 Å². The van der Waals surface area contributed by atoms with E-state index in [-0.39, 0.29) is 36.5 Å². The molecule has 7 heteroatoms. The van der Waals surface area contributed by atoms with Crippen LogP contribution in [-0.4, -0.2) is 32.2 Å². The highest BCUT2D eigenvalue weighted by atomic mass is 19.3. The molecule has 1 heterocycles. The van der Waals surface area contributed by atoms with E-state index in [4.69, 9.17) is 4.74 Å². The number of para-hydroxylation sites is 1. The zero-order chi connectivity index (χ0) is 19.4. The highest BCUT2D eigenvalue weighted by Gasteiger charge is 2.26. The Kier molecular flexibility index (Phi) is 5.78. The molecule has 0 fully saturated rings. The first kappa shape index (κ1) is 18.9. The third kappa shape index (κ3) is 4.48. The molecule has 2 aromatic rings. The number of nitrogens with zero attached hydrogens (tertiary/aromatic N) is 1. The topological polar surface area (TPSA) is 50.8 Å². The normalized spacial score (nSPS) is 15.6. The van der Waals surface area contributed by atoms with E-state index in [1.807, 2.05) is 18.2 Å². The number of nitrogens with one attached hydrogen (secondary N) is 1. The minimum absolute atomic E-state index is 0.0370. The molecule has 0 saturated heterocycles. The number of carbonyl (C=O) groups is 1. The summed E-state index contributed by atoms with van der Waals surface area (Å²) in [6.07, 6.45) is 0.923. The van der Waals surface area contributed by atoms with Crippen molar-refractivity contribution in [2.24, 2.45) is 0 Å². The largest absolute Gasteiger partial charge is 0.493 e. The number of methoxy groups -OCH3 is 1. The molecule has 0 aliphatic carbocycles. The number of rotatable bonds is 7. The number of hydrogen-bond acceptors (Lipinski definition) is 4. The summed E-state index contributed by atoms with van der Waals surface area (Å²) in [4.78, 5) is 14.5. The van der Waals surface area contributed by atoms with E-state index in [9.17, 15) is 13.6 Å². The standard InChI is InChI=1S/C20H22F2N2O3/c1-13-9-15-5-3-4-6-16(15)24(13)12-19(25)23-11-14-7-8-17(27-20(21)22)18(10-14)26-2/h3-8,10,13,20H,9,11-12H2,1-2H3,(H,23,25)/t13-/m0/s1. The van der Waals surface area contributed by atoms with Crippen LogP contribution in [0.25, 0.3) is 0 Å². The summed E-state index contributed by atoms with van der Waals surface area (Å²) in [5, 5.41) is 2.86. The zero-order valence-corrected chi connectivity index (χ0v) is 15.2. The van der Waals surface area contributed by atoms with Gasteiger partial charge in [-0.15, -0.1) is 0 Å². The van der Waals surface area contributed by atoms with E-state index in [0.29, 0.717) is 0 Å². The molecule has 0 aromatic heterocycles. The smallest absolute Gasteiger partial charge is 0.387 e. The van der Waals surface area contributed by atoms with Gasteiger partial charge >= 0.3 is 6.61 Å². The zero-order valence-electron chi connectivity index (χ0n) is 15.2. The van der Waals surface area contributed by atoms with Crippen molar-refractivity contribution in [1.82, 2.24) is 5.32 Å². The lowest BCUT2D eigenvalue weighted by Gasteiger charge is -2.24. The van der Waals surface area contributed by atoms with Gasteiger partial charge in [0.05, 0.1) is 13.7 Å². The maximum atomic E-state index is 12.4. The third-order valence-electron chi connectivity index (χ3n) is 4.60. The molecule has 1 atom stereocenters. The summed E-state index contributed by atoms with van der Waals surface area (Å²) >= 11 is 0. The van der Waals surface area contributed by atoms with Gasteiger partial charge in [0.2, 0.25) is 5.91 Å². The average molecular weight is 376 g/mol. The van der Waals surface area contributed by atoms with Crippen LogP contribution >= 0.6 is 0 Å². The number of hydrogen-bond donors (Lipinski definition) is 1. The lowest BCUT2D eigenvalue weighted by atomic mass is 10.1. The fourth-order valence-electron chi connectivity index (χ4n) is 3.30. The monoisotopic (exact) mass is 376 g/mol. The van der Waals surface area contributed by atoms with Crippen LogP contribution in [0.4, 0.5) is 14.5 Å². The number of amides is 1. The summed E-state index contributed by atoms with van der Waals surface area (Å²) < 4.78 is 34.2. The van der Waals surface area contributed by atoms with Crippen LogP contribution in [-0.2, 0) is 17.8 Å². The average Bonchev–Trinajstić information content (AvgIpc) is 2.96. The van der Waals surface area contributed by atoms with Gasteiger partial charge in [-0.25, -0.2) is 0 Å². The first-order chi connectivity index (χ1) is 13.0. The van der Waals surface area contributed by atoms with E-state index < -0.39 is 6.61 Å². The molecule has 0 radical (unpaired) electrons. The molecular formula is C20H22F2N2O3. The van der Waals surface area contributed by atoms with Gasteiger partial charge in [-0.1, -0.05) is 24.3 Å². The van der Waals surface area contributed by atoms with Gasteiger partial charge in [0.25, 0.3) is 0 Å². The Labute approximate surface area is 156 Å². The van der Waals surface area contributed by atoms with Crippen LogP contribution in [0.3, 0.4) is 0 Å². The Morgan fingerprint density at radius 3 is 2.78 bits per heavy atom. The molecule has 1 amide bonds. The lowest BCUT2D eigenvalue weighted by Crippen LogP contribution is -2.39. The quantitative estimate of drug-likeness (QED) is 0.805. The summed E-state index contributed by atoms with van der Waals surface area (Å²) in [5.74, 6) is 0.0552. The summed E-state index contributed by atoms with van der Waals surface area (Å²) in [5.41, 5.74) is 3.07. The van der Waals surface area contributed by atoms with E-state index in [2.05, 4.69) is 27.9 Å². The van der Waals surface area contributed by atoms with Crippen LogP contribution < -0.4 is 19.7 Å². The first-order valence-electron chi connectivity index (χ1n) is 8.71. The fraction of sp³-hybridized carbons (Fsp3) is 0.350. The van der Waals surface area contributed by atoms with Crippen molar-refractivity contribution in [1.29, 1.82) is 0 Å². The molecule has 0 spiro atoms. The Hall–Kier alpha value is -2.83.